The lowest BCUT2D eigenvalue weighted by Crippen LogP contribution is -2.42. The highest BCUT2D eigenvalue weighted by molar-refractivity contribution is 5.96. The van der Waals surface area contributed by atoms with Gasteiger partial charge >= 0.3 is 0 Å². The molecule has 0 unspecified atom stereocenters. The molecule has 1 aromatic carbocycles. The van der Waals surface area contributed by atoms with Crippen molar-refractivity contribution in [2.45, 2.75) is 25.9 Å². The molecule has 0 radical (unpaired) electrons. The van der Waals surface area contributed by atoms with Crippen molar-refractivity contribution in [1.29, 1.82) is 0 Å². The number of halogens is 1. The van der Waals surface area contributed by atoms with E-state index < -0.39 is 0 Å². The molecule has 1 aromatic heterocycles. The fourth-order valence-electron chi connectivity index (χ4n) is 4.28. The number of nitrogens with zero attached hydrogens (tertiary/aromatic N) is 4. The first-order chi connectivity index (χ1) is 15.5. The lowest BCUT2D eigenvalue weighted by atomic mass is 9.96. The summed E-state index contributed by atoms with van der Waals surface area (Å²) in [5, 5.41) is 2.99. The SMILES string of the molecule is COCCN1CCn2cc(C(=O)NCC3CCN(Cc4ccc(F)cc4)CC3)nc2C1=O. The number of nitrogens with one attached hydrogen (secondary N) is 1. The summed E-state index contributed by atoms with van der Waals surface area (Å²) in [6.45, 7) is 5.51. The Bertz CT molecular complexity index is 938. The minimum atomic E-state index is -0.239. The van der Waals surface area contributed by atoms with Crippen molar-refractivity contribution in [3.05, 3.63) is 53.4 Å². The Kier molecular flexibility index (Phi) is 7.16. The molecule has 2 aromatic rings. The van der Waals surface area contributed by atoms with Crippen molar-refractivity contribution in [2.24, 2.45) is 5.92 Å². The summed E-state index contributed by atoms with van der Waals surface area (Å²) in [4.78, 5) is 33.6. The highest BCUT2D eigenvalue weighted by Gasteiger charge is 2.28. The number of piperidine rings is 1. The molecular formula is C23H30FN5O3. The lowest BCUT2D eigenvalue weighted by Gasteiger charge is -2.32. The van der Waals surface area contributed by atoms with Crippen LogP contribution in [0.3, 0.4) is 0 Å². The van der Waals surface area contributed by atoms with Crippen molar-refractivity contribution in [3.63, 3.8) is 0 Å². The van der Waals surface area contributed by atoms with Crippen molar-refractivity contribution in [2.75, 3.05) is 46.4 Å². The number of hydrogen-bond acceptors (Lipinski definition) is 5. The van der Waals surface area contributed by atoms with E-state index in [1.54, 1.807) is 22.8 Å². The van der Waals surface area contributed by atoms with E-state index in [9.17, 15) is 14.0 Å². The largest absolute Gasteiger partial charge is 0.383 e. The summed E-state index contributed by atoms with van der Waals surface area (Å²) in [5.41, 5.74) is 1.40. The molecule has 8 nitrogen and oxygen atoms in total. The number of aromatic nitrogens is 2. The molecule has 4 rings (SSSR count). The van der Waals surface area contributed by atoms with Gasteiger partial charge in [-0.1, -0.05) is 12.1 Å². The molecule has 172 valence electrons. The number of imidazole rings is 1. The van der Waals surface area contributed by atoms with Crippen LogP contribution < -0.4 is 5.32 Å². The maximum Gasteiger partial charge on any atom is 0.290 e. The quantitative estimate of drug-likeness (QED) is 0.673. The molecule has 1 saturated heterocycles. The number of rotatable bonds is 8. The number of fused-ring (bicyclic) bond motifs is 1. The molecule has 0 atom stereocenters. The summed E-state index contributed by atoms with van der Waals surface area (Å²) in [5.74, 6) is 0.103. The number of methoxy groups -OCH3 is 1. The smallest absolute Gasteiger partial charge is 0.290 e. The van der Waals surface area contributed by atoms with Crippen LogP contribution in [0.5, 0.6) is 0 Å². The van der Waals surface area contributed by atoms with E-state index in [2.05, 4.69) is 15.2 Å². The van der Waals surface area contributed by atoms with Gasteiger partial charge in [-0.15, -0.1) is 0 Å². The average molecular weight is 444 g/mol. The molecule has 1 fully saturated rings. The molecule has 9 heteroatoms. The van der Waals surface area contributed by atoms with Gasteiger partial charge in [-0.25, -0.2) is 9.37 Å². The molecule has 2 aliphatic rings. The van der Waals surface area contributed by atoms with Gasteiger partial charge in [-0.2, -0.15) is 0 Å². The van der Waals surface area contributed by atoms with E-state index in [0.29, 0.717) is 44.5 Å². The fourth-order valence-corrected chi connectivity index (χ4v) is 4.28. The lowest BCUT2D eigenvalue weighted by molar-refractivity contribution is 0.0633. The van der Waals surface area contributed by atoms with Crippen molar-refractivity contribution in [3.8, 4) is 0 Å². The molecular weight excluding hydrogens is 413 g/mol. The first-order valence-electron chi connectivity index (χ1n) is 11.1. The third kappa shape index (κ3) is 5.34. The van der Waals surface area contributed by atoms with Gasteiger partial charge in [0.2, 0.25) is 0 Å². The number of benzene rings is 1. The van der Waals surface area contributed by atoms with Gasteiger partial charge in [0.1, 0.15) is 11.5 Å². The zero-order valence-electron chi connectivity index (χ0n) is 18.4. The first-order valence-corrected chi connectivity index (χ1v) is 11.1. The minimum absolute atomic E-state index is 0.166. The standard InChI is InChI=1S/C23H30FN5O3/c1-32-13-12-28-10-11-29-16-20(26-21(29)23(28)31)22(30)25-14-17-6-8-27(9-7-17)15-18-2-4-19(24)5-3-18/h2-5,16-17H,6-15H2,1H3,(H,25,30). The van der Waals surface area contributed by atoms with Crippen LogP contribution in [0.25, 0.3) is 0 Å². The van der Waals surface area contributed by atoms with E-state index >= 15 is 0 Å². The van der Waals surface area contributed by atoms with E-state index in [-0.39, 0.29) is 23.3 Å². The number of ether oxygens (including phenoxy) is 1. The van der Waals surface area contributed by atoms with Crippen LogP contribution in [0.4, 0.5) is 4.39 Å². The Labute approximate surface area is 187 Å². The van der Waals surface area contributed by atoms with E-state index in [0.717, 1.165) is 38.0 Å². The summed E-state index contributed by atoms with van der Waals surface area (Å²) in [7, 11) is 1.60. The Hall–Kier alpha value is -2.78. The van der Waals surface area contributed by atoms with Crippen LogP contribution in [0.15, 0.2) is 30.5 Å². The van der Waals surface area contributed by atoms with Crippen molar-refractivity contribution >= 4 is 11.8 Å². The van der Waals surface area contributed by atoms with Gasteiger partial charge in [0.05, 0.1) is 6.61 Å². The molecule has 0 saturated carbocycles. The predicted octanol–water partition coefficient (Wildman–Crippen LogP) is 1.77. The second-order valence-electron chi connectivity index (χ2n) is 8.48. The number of carbonyl (C=O) groups excluding carboxylic acids is 2. The van der Waals surface area contributed by atoms with Crippen LogP contribution in [-0.4, -0.2) is 77.6 Å². The summed E-state index contributed by atoms with van der Waals surface area (Å²) in [6, 6.07) is 6.65. The zero-order valence-corrected chi connectivity index (χ0v) is 18.4. The molecule has 0 spiro atoms. The van der Waals surface area contributed by atoms with Crippen LogP contribution >= 0.6 is 0 Å². The van der Waals surface area contributed by atoms with E-state index in [1.165, 1.54) is 12.1 Å². The van der Waals surface area contributed by atoms with Crippen LogP contribution in [0.2, 0.25) is 0 Å². The summed E-state index contributed by atoms with van der Waals surface area (Å²) < 4.78 is 19.9. The second-order valence-corrected chi connectivity index (χ2v) is 8.48. The molecule has 2 amide bonds. The van der Waals surface area contributed by atoms with Crippen molar-refractivity contribution in [1.82, 2.24) is 24.7 Å². The molecule has 3 heterocycles. The highest BCUT2D eigenvalue weighted by atomic mass is 19.1. The Morgan fingerprint density at radius 3 is 2.66 bits per heavy atom. The molecule has 32 heavy (non-hydrogen) atoms. The Morgan fingerprint density at radius 2 is 1.94 bits per heavy atom. The Morgan fingerprint density at radius 1 is 1.19 bits per heavy atom. The van der Waals surface area contributed by atoms with Crippen molar-refractivity contribution < 1.29 is 18.7 Å². The second kappa shape index (κ2) is 10.2. The topological polar surface area (TPSA) is 79.7 Å². The van der Waals surface area contributed by atoms with Gasteiger partial charge in [-0.3, -0.25) is 14.5 Å². The van der Waals surface area contributed by atoms with Crippen LogP contribution in [-0.2, 0) is 17.8 Å². The molecule has 0 aliphatic carbocycles. The van der Waals surface area contributed by atoms with E-state index in [4.69, 9.17) is 4.74 Å². The maximum atomic E-state index is 13.1. The number of amides is 2. The maximum absolute atomic E-state index is 13.1. The summed E-state index contributed by atoms with van der Waals surface area (Å²) >= 11 is 0. The van der Waals surface area contributed by atoms with Gasteiger partial charge in [0, 0.05) is 46.0 Å². The molecule has 0 bridgehead atoms. The minimum Gasteiger partial charge on any atom is -0.383 e. The highest BCUT2D eigenvalue weighted by Crippen LogP contribution is 2.19. The average Bonchev–Trinajstić information content (AvgIpc) is 3.25. The molecule has 1 N–H and O–H groups in total. The fraction of sp³-hybridized carbons (Fsp3) is 0.522. The van der Waals surface area contributed by atoms with Gasteiger partial charge in [0.25, 0.3) is 11.8 Å². The van der Waals surface area contributed by atoms with E-state index in [1.807, 2.05) is 12.1 Å². The third-order valence-corrected chi connectivity index (χ3v) is 6.24. The monoisotopic (exact) mass is 443 g/mol. The van der Waals surface area contributed by atoms with Gasteiger partial charge < -0.3 is 19.5 Å². The number of likely N-dealkylation sites (tertiary alicyclic amines) is 1. The van der Waals surface area contributed by atoms with Crippen LogP contribution in [0.1, 0.15) is 39.5 Å². The van der Waals surface area contributed by atoms with Gasteiger partial charge in [0.15, 0.2) is 5.82 Å². The summed E-state index contributed by atoms with van der Waals surface area (Å²) in [6.07, 6.45) is 3.66. The third-order valence-electron chi connectivity index (χ3n) is 6.24. The van der Waals surface area contributed by atoms with Gasteiger partial charge in [-0.05, 0) is 49.5 Å². The normalized spacial score (nSPS) is 17.4. The zero-order chi connectivity index (χ0) is 22.5. The first kappa shape index (κ1) is 22.4. The number of carbonyl (C=O) groups is 2. The Balaban J connectivity index is 1.24. The molecule has 2 aliphatic heterocycles. The number of hydrogen-bond donors (Lipinski definition) is 1. The predicted molar refractivity (Wildman–Crippen MR) is 117 cm³/mol. The van der Waals surface area contributed by atoms with Crippen LogP contribution in [0, 0.1) is 11.7 Å².